The molecule has 0 bridgehead atoms. The molecule has 0 atom stereocenters. The number of hydrogen-bond acceptors (Lipinski definition) is 4. The van der Waals surface area contributed by atoms with E-state index in [4.69, 9.17) is 5.73 Å². The first-order valence-corrected chi connectivity index (χ1v) is 6.67. The molecule has 0 amide bonds. The summed E-state index contributed by atoms with van der Waals surface area (Å²) in [5.74, 6) is 0. The number of rotatable bonds is 6. The van der Waals surface area contributed by atoms with Crippen molar-refractivity contribution in [3.8, 4) is 0 Å². The van der Waals surface area contributed by atoms with E-state index in [0.29, 0.717) is 6.54 Å². The Kier molecular flexibility index (Phi) is 4.30. The monoisotopic (exact) mass is 250 g/mol. The van der Waals surface area contributed by atoms with Crippen LogP contribution in [0, 0.1) is 6.92 Å². The minimum atomic E-state index is 0.650. The first kappa shape index (κ1) is 12.3. The van der Waals surface area contributed by atoms with Gasteiger partial charge in [-0.25, -0.2) is 4.98 Å². The van der Waals surface area contributed by atoms with Gasteiger partial charge in [-0.05, 0) is 28.8 Å². The molecule has 0 radical (unpaired) electrons. The quantitative estimate of drug-likeness (QED) is 0.817. The number of thiophene rings is 1. The molecular weight excluding hydrogens is 232 g/mol. The zero-order chi connectivity index (χ0) is 12.1. The number of aromatic nitrogens is 2. The first-order chi connectivity index (χ1) is 8.29. The van der Waals surface area contributed by atoms with Crippen LogP contribution in [-0.2, 0) is 19.6 Å². The van der Waals surface area contributed by atoms with Crippen molar-refractivity contribution in [1.82, 2.24) is 14.9 Å². The molecule has 2 aromatic heterocycles. The predicted molar refractivity (Wildman–Crippen MR) is 70.9 cm³/mol. The van der Waals surface area contributed by atoms with E-state index in [9.17, 15) is 0 Å². The Morgan fingerprint density at radius 3 is 3.00 bits per heavy atom. The third kappa shape index (κ3) is 3.39. The van der Waals surface area contributed by atoms with Gasteiger partial charge in [0.1, 0.15) is 0 Å². The van der Waals surface area contributed by atoms with Crippen LogP contribution >= 0.6 is 11.3 Å². The second-order valence-electron chi connectivity index (χ2n) is 4.08. The summed E-state index contributed by atoms with van der Waals surface area (Å²) >= 11 is 1.75. The molecule has 92 valence electrons. The van der Waals surface area contributed by atoms with Crippen molar-refractivity contribution in [2.45, 2.75) is 26.6 Å². The summed E-state index contributed by atoms with van der Waals surface area (Å²) in [7, 11) is 0. The highest BCUT2D eigenvalue weighted by Gasteiger charge is 2.00. The fourth-order valence-corrected chi connectivity index (χ4v) is 2.52. The minimum absolute atomic E-state index is 0.650. The van der Waals surface area contributed by atoms with Crippen LogP contribution < -0.4 is 11.1 Å². The topological polar surface area (TPSA) is 55.9 Å². The molecule has 0 saturated heterocycles. The van der Waals surface area contributed by atoms with E-state index in [1.54, 1.807) is 11.3 Å². The molecule has 5 heteroatoms. The molecular formula is C12H18N4S. The van der Waals surface area contributed by atoms with E-state index in [1.165, 1.54) is 11.1 Å². The summed E-state index contributed by atoms with van der Waals surface area (Å²) in [5.41, 5.74) is 9.28. The number of imidazole rings is 1. The van der Waals surface area contributed by atoms with Crippen LogP contribution in [0.25, 0.3) is 0 Å². The average Bonchev–Trinajstić information content (AvgIpc) is 2.90. The summed E-state index contributed by atoms with van der Waals surface area (Å²) in [4.78, 5) is 4.32. The van der Waals surface area contributed by atoms with Crippen LogP contribution in [0.3, 0.4) is 0 Å². The Balaban J connectivity index is 1.80. The average molecular weight is 250 g/mol. The van der Waals surface area contributed by atoms with Gasteiger partial charge in [0.2, 0.25) is 0 Å². The van der Waals surface area contributed by atoms with Gasteiger partial charge in [0, 0.05) is 32.4 Å². The van der Waals surface area contributed by atoms with E-state index < -0.39 is 0 Å². The Labute approximate surface area is 105 Å². The molecule has 0 unspecified atom stereocenters. The van der Waals surface area contributed by atoms with E-state index >= 15 is 0 Å². The third-order valence-corrected chi connectivity index (χ3v) is 3.57. The highest BCUT2D eigenvalue weighted by molar-refractivity contribution is 7.08. The zero-order valence-corrected chi connectivity index (χ0v) is 10.8. The molecule has 2 rings (SSSR count). The van der Waals surface area contributed by atoms with Crippen LogP contribution in [0.15, 0.2) is 23.3 Å². The van der Waals surface area contributed by atoms with Crippen molar-refractivity contribution < 1.29 is 0 Å². The number of nitrogens with zero attached hydrogens (tertiary/aromatic N) is 2. The largest absolute Gasteiger partial charge is 0.336 e. The van der Waals surface area contributed by atoms with Gasteiger partial charge in [-0.2, -0.15) is 11.3 Å². The lowest BCUT2D eigenvalue weighted by molar-refractivity contribution is 0.676. The third-order valence-electron chi connectivity index (χ3n) is 2.66. The summed E-state index contributed by atoms with van der Waals surface area (Å²) < 4.78 is 2.02. The highest BCUT2D eigenvalue weighted by atomic mass is 32.1. The van der Waals surface area contributed by atoms with Crippen molar-refractivity contribution in [2.75, 3.05) is 6.54 Å². The molecule has 0 aliphatic rings. The van der Waals surface area contributed by atoms with Crippen LogP contribution in [-0.4, -0.2) is 16.1 Å². The normalized spacial score (nSPS) is 10.9. The Bertz CT molecular complexity index is 461. The summed E-state index contributed by atoms with van der Waals surface area (Å²) in [5, 5.41) is 7.76. The number of hydrogen-bond donors (Lipinski definition) is 2. The standard InChI is InChI=1S/C12H18N4S/c1-10-7-17-8-11(10)4-14-5-12-6-16(3-2-13)9-15-12/h6-9,14H,2-5,13H2,1H3. The van der Waals surface area contributed by atoms with Crippen LogP contribution in [0.4, 0.5) is 0 Å². The van der Waals surface area contributed by atoms with Crippen LogP contribution in [0.2, 0.25) is 0 Å². The van der Waals surface area contributed by atoms with E-state index in [0.717, 1.165) is 25.3 Å². The molecule has 0 saturated carbocycles. The van der Waals surface area contributed by atoms with Crippen LogP contribution in [0.1, 0.15) is 16.8 Å². The summed E-state index contributed by atoms with van der Waals surface area (Å²) in [6.45, 7) is 5.32. The molecule has 0 fully saturated rings. The molecule has 0 aromatic carbocycles. The van der Waals surface area contributed by atoms with Gasteiger partial charge >= 0.3 is 0 Å². The zero-order valence-electron chi connectivity index (χ0n) is 10.0. The lowest BCUT2D eigenvalue weighted by Crippen LogP contribution is -2.13. The second-order valence-corrected chi connectivity index (χ2v) is 4.82. The molecule has 2 aromatic rings. The lowest BCUT2D eigenvalue weighted by Gasteiger charge is -2.02. The molecule has 4 nitrogen and oxygen atoms in total. The maximum atomic E-state index is 5.49. The predicted octanol–water partition coefficient (Wildman–Crippen LogP) is 1.50. The van der Waals surface area contributed by atoms with Crippen molar-refractivity contribution in [3.63, 3.8) is 0 Å². The Morgan fingerprint density at radius 1 is 1.41 bits per heavy atom. The minimum Gasteiger partial charge on any atom is -0.336 e. The molecule has 3 N–H and O–H groups in total. The van der Waals surface area contributed by atoms with Crippen molar-refractivity contribution >= 4 is 11.3 Å². The van der Waals surface area contributed by atoms with Crippen molar-refractivity contribution in [3.05, 3.63) is 40.1 Å². The second kappa shape index (κ2) is 5.95. The summed E-state index contributed by atoms with van der Waals surface area (Å²) in [6, 6.07) is 0. The Hall–Kier alpha value is -1.17. The maximum absolute atomic E-state index is 5.49. The van der Waals surface area contributed by atoms with Gasteiger partial charge in [0.15, 0.2) is 0 Å². The molecule has 17 heavy (non-hydrogen) atoms. The fourth-order valence-electron chi connectivity index (χ4n) is 1.66. The Morgan fingerprint density at radius 2 is 2.29 bits per heavy atom. The molecule has 0 aliphatic carbocycles. The maximum Gasteiger partial charge on any atom is 0.0950 e. The van der Waals surface area contributed by atoms with Crippen molar-refractivity contribution in [1.29, 1.82) is 0 Å². The van der Waals surface area contributed by atoms with Crippen LogP contribution in [0.5, 0.6) is 0 Å². The molecule has 2 heterocycles. The highest BCUT2D eigenvalue weighted by Crippen LogP contribution is 2.13. The van der Waals surface area contributed by atoms with E-state index in [-0.39, 0.29) is 0 Å². The van der Waals surface area contributed by atoms with E-state index in [2.05, 4.69) is 28.0 Å². The smallest absolute Gasteiger partial charge is 0.0950 e. The SMILES string of the molecule is Cc1cscc1CNCc1cn(CCN)cn1. The van der Waals surface area contributed by atoms with Gasteiger partial charge in [-0.3, -0.25) is 0 Å². The van der Waals surface area contributed by atoms with Gasteiger partial charge in [0.05, 0.1) is 12.0 Å². The summed E-state index contributed by atoms with van der Waals surface area (Å²) in [6.07, 6.45) is 3.88. The van der Waals surface area contributed by atoms with E-state index in [1.807, 2.05) is 17.1 Å². The van der Waals surface area contributed by atoms with Gasteiger partial charge in [-0.15, -0.1) is 0 Å². The molecule has 0 aliphatic heterocycles. The van der Waals surface area contributed by atoms with Gasteiger partial charge in [0.25, 0.3) is 0 Å². The van der Waals surface area contributed by atoms with Gasteiger partial charge < -0.3 is 15.6 Å². The number of aryl methyl sites for hydroxylation is 1. The first-order valence-electron chi connectivity index (χ1n) is 5.72. The van der Waals surface area contributed by atoms with Crippen molar-refractivity contribution in [2.24, 2.45) is 5.73 Å². The fraction of sp³-hybridized carbons (Fsp3) is 0.417. The lowest BCUT2D eigenvalue weighted by atomic mass is 10.2. The number of nitrogens with one attached hydrogen (secondary N) is 1. The number of nitrogens with two attached hydrogens (primary N) is 1. The van der Waals surface area contributed by atoms with Gasteiger partial charge in [-0.1, -0.05) is 0 Å². The molecule has 0 spiro atoms.